The first-order valence-electron chi connectivity index (χ1n) is 5.12. The standard InChI is InChI=1S/C10H12F2N4O/c11-8(12)6-17-4-3-10-15-14-9-2-1-7(13)5-16(9)10/h1-2,5,8H,3-4,6,13H2. The molecule has 0 saturated heterocycles. The second-order valence-electron chi connectivity index (χ2n) is 3.52. The van der Waals surface area contributed by atoms with Gasteiger partial charge in [0.15, 0.2) is 5.65 Å². The third-order valence-electron chi connectivity index (χ3n) is 2.21. The number of alkyl halides is 2. The molecule has 0 saturated carbocycles. The largest absolute Gasteiger partial charge is 0.398 e. The summed E-state index contributed by atoms with van der Waals surface area (Å²) >= 11 is 0. The zero-order chi connectivity index (χ0) is 12.3. The van der Waals surface area contributed by atoms with E-state index in [1.165, 1.54) is 0 Å². The first kappa shape index (κ1) is 11.7. The van der Waals surface area contributed by atoms with E-state index in [1.807, 2.05) is 0 Å². The van der Waals surface area contributed by atoms with E-state index in [4.69, 9.17) is 10.5 Å². The minimum Gasteiger partial charge on any atom is -0.398 e. The summed E-state index contributed by atoms with van der Waals surface area (Å²) in [6.07, 6.45) is -0.337. The molecule has 2 rings (SSSR count). The van der Waals surface area contributed by atoms with E-state index < -0.39 is 13.0 Å². The molecule has 0 atom stereocenters. The summed E-state index contributed by atoms with van der Waals surface area (Å²) in [6, 6.07) is 3.47. The Morgan fingerprint density at radius 1 is 1.35 bits per heavy atom. The first-order valence-corrected chi connectivity index (χ1v) is 5.12. The van der Waals surface area contributed by atoms with Crippen LogP contribution in [0.3, 0.4) is 0 Å². The number of aromatic nitrogens is 3. The predicted molar refractivity (Wildman–Crippen MR) is 57.9 cm³/mol. The van der Waals surface area contributed by atoms with E-state index in [9.17, 15) is 8.78 Å². The molecule has 0 spiro atoms. The topological polar surface area (TPSA) is 65.4 Å². The van der Waals surface area contributed by atoms with Gasteiger partial charge in [0.2, 0.25) is 0 Å². The molecule has 0 amide bonds. The van der Waals surface area contributed by atoms with Gasteiger partial charge in [-0.25, -0.2) is 8.78 Å². The molecule has 17 heavy (non-hydrogen) atoms. The van der Waals surface area contributed by atoms with Crippen LogP contribution in [0.15, 0.2) is 18.3 Å². The zero-order valence-corrected chi connectivity index (χ0v) is 9.01. The van der Waals surface area contributed by atoms with Crippen molar-refractivity contribution in [3.63, 3.8) is 0 Å². The van der Waals surface area contributed by atoms with Crippen LogP contribution < -0.4 is 5.73 Å². The summed E-state index contributed by atoms with van der Waals surface area (Å²) in [7, 11) is 0. The summed E-state index contributed by atoms with van der Waals surface area (Å²) in [5, 5.41) is 7.87. The highest BCUT2D eigenvalue weighted by Crippen LogP contribution is 2.08. The predicted octanol–water partition coefficient (Wildman–Crippen LogP) is 1.14. The van der Waals surface area contributed by atoms with Crippen molar-refractivity contribution in [1.29, 1.82) is 0 Å². The molecule has 0 aromatic carbocycles. The molecule has 0 aliphatic heterocycles. The number of nitrogens with two attached hydrogens (primary N) is 1. The molecular weight excluding hydrogens is 230 g/mol. The number of nitrogen functional groups attached to an aromatic ring is 1. The average molecular weight is 242 g/mol. The summed E-state index contributed by atoms with van der Waals surface area (Å²) < 4.78 is 30.2. The van der Waals surface area contributed by atoms with Gasteiger partial charge in [0.05, 0.1) is 6.61 Å². The van der Waals surface area contributed by atoms with Crippen LogP contribution in [0.2, 0.25) is 0 Å². The fraction of sp³-hybridized carbons (Fsp3) is 0.400. The average Bonchev–Trinajstić information content (AvgIpc) is 2.67. The molecule has 0 aliphatic rings. The van der Waals surface area contributed by atoms with E-state index in [-0.39, 0.29) is 6.61 Å². The number of fused-ring (bicyclic) bond motifs is 1. The Morgan fingerprint density at radius 3 is 2.94 bits per heavy atom. The van der Waals surface area contributed by atoms with E-state index >= 15 is 0 Å². The third-order valence-corrected chi connectivity index (χ3v) is 2.21. The van der Waals surface area contributed by atoms with Crippen LogP contribution in [0.1, 0.15) is 5.82 Å². The van der Waals surface area contributed by atoms with Crippen molar-refractivity contribution in [2.45, 2.75) is 12.8 Å². The van der Waals surface area contributed by atoms with Crippen LogP contribution >= 0.6 is 0 Å². The lowest BCUT2D eigenvalue weighted by Gasteiger charge is -2.03. The fourth-order valence-electron chi connectivity index (χ4n) is 1.46. The van der Waals surface area contributed by atoms with Gasteiger partial charge in [-0.3, -0.25) is 4.40 Å². The van der Waals surface area contributed by atoms with Gasteiger partial charge in [0.25, 0.3) is 6.43 Å². The highest BCUT2D eigenvalue weighted by Gasteiger charge is 2.06. The van der Waals surface area contributed by atoms with Gasteiger partial charge in [-0.1, -0.05) is 0 Å². The summed E-state index contributed by atoms with van der Waals surface area (Å²) in [5.41, 5.74) is 6.90. The van der Waals surface area contributed by atoms with Crippen molar-refractivity contribution in [1.82, 2.24) is 14.6 Å². The Kier molecular flexibility index (Phi) is 3.48. The maximum absolute atomic E-state index is 11.8. The molecule has 2 aromatic heterocycles. The number of ether oxygens (including phenoxy) is 1. The highest BCUT2D eigenvalue weighted by atomic mass is 19.3. The summed E-state index contributed by atoms with van der Waals surface area (Å²) in [4.78, 5) is 0. The first-order chi connectivity index (χ1) is 8.16. The molecule has 2 aromatic rings. The van der Waals surface area contributed by atoms with Gasteiger partial charge in [0.1, 0.15) is 12.4 Å². The molecule has 0 unspecified atom stereocenters. The second-order valence-corrected chi connectivity index (χ2v) is 3.52. The number of hydrogen-bond donors (Lipinski definition) is 1. The molecule has 5 nitrogen and oxygen atoms in total. The van der Waals surface area contributed by atoms with Crippen molar-refractivity contribution >= 4 is 11.3 Å². The Hall–Kier alpha value is -1.76. The van der Waals surface area contributed by atoms with Gasteiger partial charge in [-0.05, 0) is 12.1 Å². The van der Waals surface area contributed by atoms with Crippen LogP contribution in [-0.4, -0.2) is 34.2 Å². The number of halogens is 2. The maximum atomic E-state index is 11.8. The van der Waals surface area contributed by atoms with E-state index in [1.54, 1.807) is 22.7 Å². The number of rotatable bonds is 5. The molecule has 2 N–H and O–H groups in total. The molecule has 92 valence electrons. The van der Waals surface area contributed by atoms with Crippen molar-refractivity contribution in [3.8, 4) is 0 Å². The Morgan fingerprint density at radius 2 is 2.18 bits per heavy atom. The van der Waals surface area contributed by atoms with Crippen LogP contribution in [0.25, 0.3) is 5.65 Å². The fourth-order valence-corrected chi connectivity index (χ4v) is 1.46. The second kappa shape index (κ2) is 5.05. The lowest BCUT2D eigenvalue weighted by Crippen LogP contribution is -2.08. The van der Waals surface area contributed by atoms with Crippen molar-refractivity contribution in [3.05, 3.63) is 24.2 Å². The SMILES string of the molecule is Nc1ccc2nnc(CCOCC(F)F)n2c1. The summed E-state index contributed by atoms with van der Waals surface area (Å²) in [6.45, 7) is -0.376. The normalized spacial score (nSPS) is 11.5. The lowest BCUT2D eigenvalue weighted by atomic mass is 10.4. The number of pyridine rings is 1. The van der Waals surface area contributed by atoms with Crippen molar-refractivity contribution in [2.24, 2.45) is 0 Å². The van der Waals surface area contributed by atoms with E-state index in [0.717, 1.165) is 0 Å². The van der Waals surface area contributed by atoms with E-state index in [2.05, 4.69) is 10.2 Å². The quantitative estimate of drug-likeness (QED) is 0.798. The minimum atomic E-state index is -2.44. The Labute approximate surface area is 96.2 Å². The molecule has 7 heteroatoms. The minimum absolute atomic E-state index is 0.180. The monoisotopic (exact) mass is 242 g/mol. The highest BCUT2D eigenvalue weighted by molar-refractivity contribution is 5.47. The van der Waals surface area contributed by atoms with Gasteiger partial charge in [-0.15, -0.1) is 10.2 Å². The third kappa shape index (κ3) is 2.88. The van der Waals surface area contributed by atoms with Gasteiger partial charge in [-0.2, -0.15) is 0 Å². The van der Waals surface area contributed by atoms with Gasteiger partial charge >= 0.3 is 0 Å². The molecular formula is C10H12F2N4O. The van der Waals surface area contributed by atoms with Crippen molar-refractivity contribution < 1.29 is 13.5 Å². The smallest absolute Gasteiger partial charge is 0.261 e. The van der Waals surface area contributed by atoms with Crippen LogP contribution in [0, 0.1) is 0 Å². The Bertz CT molecular complexity index is 500. The number of nitrogens with zero attached hydrogens (tertiary/aromatic N) is 3. The van der Waals surface area contributed by atoms with Crippen LogP contribution in [0.5, 0.6) is 0 Å². The molecule has 0 aliphatic carbocycles. The molecule has 0 fully saturated rings. The van der Waals surface area contributed by atoms with Gasteiger partial charge in [0, 0.05) is 18.3 Å². The lowest BCUT2D eigenvalue weighted by molar-refractivity contribution is 0.0182. The van der Waals surface area contributed by atoms with E-state index in [0.29, 0.717) is 23.6 Å². The number of hydrogen-bond acceptors (Lipinski definition) is 4. The molecule has 0 radical (unpaired) electrons. The zero-order valence-electron chi connectivity index (χ0n) is 9.01. The maximum Gasteiger partial charge on any atom is 0.261 e. The van der Waals surface area contributed by atoms with Crippen LogP contribution in [-0.2, 0) is 11.2 Å². The Balaban J connectivity index is 2.01. The molecule has 0 bridgehead atoms. The van der Waals surface area contributed by atoms with Crippen molar-refractivity contribution in [2.75, 3.05) is 18.9 Å². The number of anilines is 1. The van der Waals surface area contributed by atoms with Gasteiger partial charge < -0.3 is 10.5 Å². The van der Waals surface area contributed by atoms with Crippen LogP contribution in [0.4, 0.5) is 14.5 Å². The summed E-state index contributed by atoms with van der Waals surface area (Å²) in [5.74, 6) is 0.640. The molecule has 2 heterocycles.